The maximum Gasteiger partial charge on any atom is -1.00 e. The predicted molar refractivity (Wildman–Crippen MR) is 46.5 cm³/mol. The van der Waals surface area contributed by atoms with E-state index in [9.17, 15) is 0 Å². The molecule has 1 aromatic rings. The molecule has 0 fully saturated rings. The third kappa shape index (κ3) is 5.68. The Morgan fingerprint density at radius 1 is 1.23 bits per heavy atom. The Labute approximate surface area is 107 Å². The molecule has 13 heavy (non-hydrogen) atoms. The van der Waals surface area contributed by atoms with Crippen molar-refractivity contribution in [3.63, 3.8) is 0 Å². The van der Waals surface area contributed by atoms with Gasteiger partial charge in [0, 0.05) is 0 Å². The van der Waals surface area contributed by atoms with E-state index < -0.39 is 0 Å². The molecule has 0 saturated carbocycles. The summed E-state index contributed by atoms with van der Waals surface area (Å²) in [7, 11) is 0. The van der Waals surface area contributed by atoms with Crippen molar-refractivity contribution in [1.29, 1.82) is 0 Å². The molecule has 0 unspecified atom stereocenters. The van der Waals surface area contributed by atoms with E-state index in [1.165, 1.54) is 9.49 Å². The van der Waals surface area contributed by atoms with Gasteiger partial charge >= 0.3 is 90.3 Å². The van der Waals surface area contributed by atoms with Crippen LogP contribution in [0.1, 0.15) is 19.8 Å². The van der Waals surface area contributed by atoms with Crippen molar-refractivity contribution in [3.8, 4) is 5.75 Å². The third-order valence-corrected chi connectivity index (χ3v) is 3.52. The van der Waals surface area contributed by atoms with Gasteiger partial charge in [0.05, 0.1) is 0 Å². The van der Waals surface area contributed by atoms with Crippen LogP contribution in [0.3, 0.4) is 0 Å². The van der Waals surface area contributed by atoms with Gasteiger partial charge in [0.25, 0.3) is 0 Å². The van der Waals surface area contributed by atoms with Crippen LogP contribution >= 0.6 is 0 Å². The van der Waals surface area contributed by atoms with Gasteiger partial charge in [-0.15, -0.1) is 0 Å². The van der Waals surface area contributed by atoms with Crippen molar-refractivity contribution in [2.45, 2.75) is 19.8 Å². The van der Waals surface area contributed by atoms with Crippen LogP contribution in [-0.4, -0.2) is 6.61 Å². The summed E-state index contributed by atoms with van der Waals surface area (Å²) in [6.07, 6.45) is 2.34. The summed E-state index contributed by atoms with van der Waals surface area (Å²) in [5.74, 6) is 1.01. The molecule has 0 atom stereocenters. The molecule has 0 saturated heterocycles. The van der Waals surface area contributed by atoms with Crippen LogP contribution in [-0.2, 0) is 26.1 Å². The minimum absolute atomic E-state index is 0. The van der Waals surface area contributed by atoms with Crippen molar-refractivity contribution >= 4 is 3.07 Å². The fraction of sp³-hybridized carbons (Fsp3) is 0.400. The van der Waals surface area contributed by atoms with E-state index in [0.717, 1.165) is 44.9 Å². The maximum atomic E-state index is 5.52. The molecule has 0 bridgehead atoms. The van der Waals surface area contributed by atoms with Gasteiger partial charge in [0.1, 0.15) is 0 Å². The molecule has 0 aliphatic heterocycles. The topological polar surface area (TPSA) is 9.23 Å². The average Bonchev–Trinajstić information content (AvgIpc) is 2.09. The molecule has 0 aromatic heterocycles. The number of rotatable bonds is 4. The first-order valence-electron chi connectivity index (χ1n) is 4.37. The quantitative estimate of drug-likeness (QED) is 0.443. The van der Waals surface area contributed by atoms with Gasteiger partial charge in [0.2, 0.25) is 0 Å². The summed E-state index contributed by atoms with van der Waals surface area (Å²) >= 11 is 0.739. The summed E-state index contributed by atoms with van der Waals surface area (Å²) in [5, 5.41) is 0. The van der Waals surface area contributed by atoms with Crippen molar-refractivity contribution < 1.29 is 47.8 Å². The van der Waals surface area contributed by atoms with Gasteiger partial charge in [-0.3, -0.25) is 0 Å². The van der Waals surface area contributed by atoms with Crippen LogP contribution in [0, 0.1) is 0 Å². The van der Waals surface area contributed by atoms with Gasteiger partial charge in [-0.25, -0.2) is 0 Å². The van der Waals surface area contributed by atoms with Crippen LogP contribution < -0.4 is 24.8 Å². The molecule has 0 radical (unpaired) electrons. The van der Waals surface area contributed by atoms with E-state index in [1.54, 1.807) is 0 Å². The molecule has 0 heterocycles. The van der Waals surface area contributed by atoms with Gasteiger partial charge in [0.15, 0.2) is 0 Å². The zero-order chi connectivity index (χ0) is 8.81. The molecular formula is C10H13BrHgO. The average molecular weight is 430 g/mol. The van der Waals surface area contributed by atoms with Crippen LogP contribution in [0.15, 0.2) is 24.3 Å². The van der Waals surface area contributed by atoms with Gasteiger partial charge in [-0.1, -0.05) is 0 Å². The molecule has 0 aliphatic carbocycles. The van der Waals surface area contributed by atoms with Crippen molar-refractivity contribution in [3.05, 3.63) is 24.3 Å². The second kappa shape index (κ2) is 7.80. The summed E-state index contributed by atoms with van der Waals surface area (Å²) < 4.78 is 6.99. The zero-order valence-electron chi connectivity index (χ0n) is 7.92. The molecular weight excluding hydrogens is 417 g/mol. The largest absolute Gasteiger partial charge is 1.00 e. The predicted octanol–water partition coefficient (Wildman–Crippen LogP) is -0.958. The molecule has 0 amide bonds. The first-order chi connectivity index (χ1) is 5.83. The first kappa shape index (κ1) is 13.4. The second-order valence-electron chi connectivity index (χ2n) is 2.85. The van der Waals surface area contributed by atoms with Crippen LogP contribution in [0.2, 0.25) is 0 Å². The molecule has 0 spiro atoms. The number of halogens is 1. The van der Waals surface area contributed by atoms with E-state index in [4.69, 9.17) is 4.74 Å². The second-order valence-corrected chi connectivity index (χ2v) is 6.02. The van der Waals surface area contributed by atoms with Gasteiger partial charge in [-0.2, -0.15) is 0 Å². The number of hydrogen-bond donors (Lipinski definition) is 0. The molecule has 0 N–H and O–H groups in total. The van der Waals surface area contributed by atoms with E-state index in [2.05, 4.69) is 31.2 Å². The third-order valence-electron chi connectivity index (χ3n) is 1.69. The molecule has 3 heteroatoms. The number of unbranched alkanes of at least 4 members (excludes halogenated alkanes) is 1. The zero-order valence-corrected chi connectivity index (χ0v) is 15.0. The Kier molecular flexibility index (Phi) is 8.06. The Hall–Kier alpha value is 0.435. The van der Waals surface area contributed by atoms with Crippen LogP contribution in [0.4, 0.5) is 0 Å². The molecule has 1 rings (SSSR count). The fourth-order valence-electron chi connectivity index (χ4n) is 0.920. The van der Waals surface area contributed by atoms with Crippen LogP contribution in [0.5, 0.6) is 5.75 Å². The van der Waals surface area contributed by atoms with Gasteiger partial charge < -0.3 is 17.0 Å². The summed E-state index contributed by atoms with van der Waals surface area (Å²) in [4.78, 5) is 0. The Bertz CT molecular complexity index is 223. The molecule has 1 aromatic carbocycles. The monoisotopic (exact) mass is 430 g/mol. The van der Waals surface area contributed by atoms with Crippen molar-refractivity contribution in [2.24, 2.45) is 0 Å². The Morgan fingerprint density at radius 3 is 2.38 bits per heavy atom. The van der Waals surface area contributed by atoms with Crippen LogP contribution in [0.25, 0.3) is 0 Å². The molecule has 1 nitrogen and oxygen atoms in total. The smallest absolute Gasteiger partial charge is 1.00 e. The Morgan fingerprint density at radius 2 is 1.85 bits per heavy atom. The number of ether oxygens (including phenoxy) is 1. The van der Waals surface area contributed by atoms with E-state index in [-0.39, 0.29) is 17.0 Å². The normalized spacial score (nSPS) is 9.15. The fourth-order valence-corrected chi connectivity index (χ4v) is 1.84. The SMILES string of the molecule is CCCCOc1cc[c]([Hg+])cc1.[Br-]. The number of hydrogen-bond acceptors (Lipinski definition) is 1. The van der Waals surface area contributed by atoms with Crippen molar-refractivity contribution in [1.82, 2.24) is 0 Å². The number of benzene rings is 1. The summed E-state index contributed by atoms with van der Waals surface area (Å²) in [6, 6.07) is 8.45. The van der Waals surface area contributed by atoms with Gasteiger partial charge in [-0.05, 0) is 0 Å². The first-order valence-corrected chi connectivity index (χ1v) is 7.12. The standard InChI is InChI=1S/C10H13O.BrH.Hg/c1-2-3-9-11-10-7-5-4-6-8-10;;/h5-8H,2-3,9H2,1H3;1H;/q;;+1/p-1. The summed E-state index contributed by atoms with van der Waals surface area (Å²) in [6.45, 7) is 3.02. The van der Waals surface area contributed by atoms with E-state index in [1.807, 2.05) is 0 Å². The maximum absolute atomic E-state index is 5.52. The van der Waals surface area contributed by atoms with E-state index in [0.29, 0.717) is 0 Å². The Balaban J connectivity index is 0.00000144. The van der Waals surface area contributed by atoms with E-state index >= 15 is 0 Å². The minimum Gasteiger partial charge on any atom is -1.00 e. The molecule has 68 valence electrons. The molecule has 0 aliphatic rings. The van der Waals surface area contributed by atoms with Crippen molar-refractivity contribution in [2.75, 3.05) is 6.61 Å². The minimum atomic E-state index is 0. The summed E-state index contributed by atoms with van der Waals surface area (Å²) in [5.41, 5.74) is 0.